The minimum absolute atomic E-state index is 0.133. The van der Waals surface area contributed by atoms with Gasteiger partial charge in [0, 0.05) is 18.8 Å². The van der Waals surface area contributed by atoms with Crippen LogP contribution in [0.3, 0.4) is 0 Å². The Morgan fingerprint density at radius 2 is 1.81 bits per heavy atom. The number of imidazole rings is 1. The number of H-pyrrole nitrogens is 1. The number of aromatic nitrogens is 6. The van der Waals surface area contributed by atoms with Crippen LogP contribution in [0.1, 0.15) is 18.9 Å². The number of anilines is 1. The largest absolute Gasteiger partial charge is 0.383 e. The quantitative estimate of drug-likeness (QED) is 0.223. The maximum atomic E-state index is 16.0. The number of hydrogen-bond donors (Lipinski definition) is 4. The number of nitrogens with one attached hydrogen (secondary N) is 1. The lowest BCUT2D eigenvalue weighted by atomic mass is 10.1. The molecule has 0 aliphatic carbocycles. The highest BCUT2D eigenvalue weighted by Gasteiger charge is 2.51. The molecule has 2 unspecified atom stereocenters. The number of pyridine rings is 1. The predicted molar refractivity (Wildman–Crippen MR) is 154 cm³/mol. The summed E-state index contributed by atoms with van der Waals surface area (Å²) < 4.78 is 53.8. The van der Waals surface area contributed by atoms with E-state index in [0.29, 0.717) is 16.6 Å². The van der Waals surface area contributed by atoms with E-state index in [4.69, 9.17) is 56.9 Å². The van der Waals surface area contributed by atoms with Gasteiger partial charge in [-0.25, -0.2) is 19.3 Å². The molecule has 0 amide bonds. The van der Waals surface area contributed by atoms with E-state index in [0.717, 1.165) is 0 Å². The van der Waals surface area contributed by atoms with E-state index in [1.807, 2.05) is 0 Å². The van der Waals surface area contributed by atoms with Gasteiger partial charge in [-0.15, -0.1) is 0 Å². The number of fused-ring (bicyclic) bond motifs is 5. The summed E-state index contributed by atoms with van der Waals surface area (Å²) in [5.41, 5.74) is 6.44. The zero-order chi connectivity index (χ0) is 30.1. The maximum absolute atomic E-state index is 16.0. The Bertz CT molecular complexity index is 1860. The lowest BCUT2D eigenvalue weighted by molar-refractivity contribution is -0.0595. The summed E-state index contributed by atoms with van der Waals surface area (Å²) in [6.45, 7) is -8.82. The van der Waals surface area contributed by atoms with Crippen molar-refractivity contribution in [2.24, 2.45) is 0 Å². The van der Waals surface area contributed by atoms with Crippen LogP contribution in [0, 0.1) is 0 Å². The molecular formula is C22H24FN7O9P2S2. The average molecular weight is 676 g/mol. The fourth-order valence-corrected chi connectivity index (χ4v) is 8.34. The molecule has 43 heavy (non-hydrogen) atoms. The molecule has 3 saturated heterocycles. The number of hydrogen-bond acceptors (Lipinski definition) is 13. The van der Waals surface area contributed by atoms with Crippen molar-refractivity contribution < 1.29 is 41.7 Å². The molecule has 230 valence electrons. The summed E-state index contributed by atoms with van der Waals surface area (Å²) in [4.78, 5) is 49.0. The molecule has 0 radical (unpaired) electrons. The van der Waals surface area contributed by atoms with Crippen molar-refractivity contribution in [1.29, 1.82) is 0 Å². The van der Waals surface area contributed by atoms with Gasteiger partial charge >= 0.3 is 13.4 Å². The van der Waals surface area contributed by atoms with Crippen LogP contribution in [-0.4, -0.2) is 82.7 Å². The minimum Gasteiger partial charge on any atom is -0.383 e. The highest BCUT2D eigenvalue weighted by Crippen LogP contribution is 2.54. The molecule has 7 rings (SSSR count). The zero-order valence-electron chi connectivity index (χ0n) is 21.8. The summed E-state index contributed by atoms with van der Waals surface area (Å²) in [5.74, 6) is 0.197. The number of halogens is 1. The second-order valence-corrected chi connectivity index (χ2v) is 15.6. The van der Waals surface area contributed by atoms with Crippen LogP contribution in [-0.2, 0) is 51.2 Å². The summed E-state index contributed by atoms with van der Waals surface area (Å²) >= 11 is 10.5. The van der Waals surface area contributed by atoms with Gasteiger partial charge in [0.25, 0.3) is 5.56 Å². The van der Waals surface area contributed by atoms with Crippen LogP contribution in [0.2, 0.25) is 0 Å². The summed E-state index contributed by atoms with van der Waals surface area (Å²) in [5, 5.41) is 0.479. The molecule has 3 fully saturated rings. The monoisotopic (exact) mass is 675 g/mol. The molecule has 0 spiro atoms. The molecule has 4 aromatic rings. The third-order valence-electron chi connectivity index (χ3n) is 7.35. The normalized spacial score (nSPS) is 37.1. The predicted octanol–water partition coefficient (Wildman–Crippen LogP) is 1.53. The molecule has 21 heteroatoms. The number of nitrogens with zero attached hydrogens (tertiary/aromatic N) is 5. The van der Waals surface area contributed by atoms with Crippen molar-refractivity contribution in [2.75, 3.05) is 18.9 Å². The SMILES string of the molecule is Nc1ncnc2c1ccn2[C@@H]1O[C@@H]2COP(O)(=S)O[C@@H]3C[C@@H](COP(O)(=S)O[C@H]2[C@@H]1F)O[C@H]3n1cnc2c(=O)[nH]ccc21. The summed E-state index contributed by atoms with van der Waals surface area (Å²) in [7, 11) is 0. The van der Waals surface area contributed by atoms with Gasteiger partial charge in [-0.05, 0) is 35.7 Å². The van der Waals surface area contributed by atoms with Crippen molar-refractivity contribution in [1.82, 2.24) is 29.1 Å². The number of nitrogen functional groups attached to an aromatic ring is 1. The molecule has 4 aromatic heterocycles. The van der Waals surface area contributed by atoms with Gasteiger partial charge in [-0.2, -0.15) is 0 Å². The number of aromatic amines is 1. The first-order chi connectivity index (χ1) is 20.5. The lowest BCUT2D eigenvalue weighted by Crippen LogP contribution is -2.34. The number of alkyl halides is 1. The van der Waals surface area contributed by atoms with Crippen molar-refractivity contribution in [3.05, 3.63) is 47.5 Å². The van der Waals surface area contributed by atoms with Crippen molar-refractivity contribution in [3.63, 3.8) is 0 Å². The standard InChI is InChI=1S/C22H24FN7O9P2S2/c23-15-17-14(37-22(15)29-4-2-11-18(24)26-8-27-19(11)29)7-35-40(32,42)38-13-5-10(6-34-41(33,43)39-17)36-21(13)30-9-28-16-12(30)1-3-25-20(16)31/h1-4,8-10,13-15,17,21-22H,5-7H2,(H,25,31)(H,32,42)(H,33,43)(H2,24,26,27)/t10-,13+,14+,15-,17+,21+,22+,40?,41?/m0/s1. The first kappa shape index (κ1) is 29.5. The molecule has 2 bridgehead atoms. The molecule has 3 aliphatic rings. The van der Waals surface area contributed by atoms with Gasteiger partial charge < -0.3 is 52.7 Å². The van der Waals surface area contributed by atoms with Crippen LogP contribution in [0.15, 0.2) is 42.0 Å². The second-order valence-electron chi connectivity index (χ2n) is 10.0. The first-order valence-corrected chi connectivity index (χ1v) is 18.1. The Morgan fingerprint density at radius 1 is 1.02 bits per heavy atom. The van der Waals surface area contributed by atoms with Gasteiger partial charge in [-0.1, -0.05) is 0 Å². The van der Waals surface area contributed by atoms with E-state index < -0.39 is 68.6 Å². The number of rotatable bonds is 2. The highest BCUT2D eigenvalue weighted by atomic mass is 32.5. The topological polar surface area (TPSA) is 203 Å². The molecule has 0 aromatic carbocycles. The molecule has 9 atom stereocenters. The van der Waals surface area contributed by atoms with E-state index in [1.165, 1.54) is 29.6 Å². The lowest BCUT2D eigenvalue weighted by Gasteiger charge is -2.27. The molecule has 0 saturated carbocycles. The van der Waals surface area contributed by atoms with E-state index in [-0.39, 0.29) is 24.4 Å². The first-order valence-electron chi connectivity index (χ1n) is 12.9. The van der Waals surface area contributed by atoms with Gasteiger partial charge in [0.15, 0.2) is 24.1 Å². The highest BCUT2D eigenvalue weighted by molar-refractivity contribution is 8.07. The molecule has 5 N–H and O–H groups in total. The van der Waals surface area contributed by atoms with Gasteiger partial charge in [0.2, 0.25) is 0 Å². The van der Waals surface area contributed by atoms with Gasteiger partial charge in [-0.3, -0.25) is 9.32 Å². The smallest absolute Gasteiger partial charge is 0.325 e. The van der Waals surface area contributed by atoms with Crippen LogP contribution in [0.5, 0.6) is 0 Å². The second kappa shape index (κ2) is 11.0. The van der Waals surface area contributed by atoms with Gasteiger partial charge in [0.1, 0.15) is 36.1 Å². The summed E-state index contributed by atoms with van der Waals surface area (Å²) in [6.07, 6.45) is -2.66. The van der Waals surface area contributed by atoms with Crippen LogP contribution in [0.4, 0.5) is 10.2 Å². The van der Waals surface area contributed by atoms with Crippen molar-refractivity contribution in [3.8, 4) is 0 Å². The third-order valence-corrected chi connectivity index (χ3v) is 10.5. The molecule has 16 nitrogen and oxygen atoms in total. The number of nitrogens with two attached hydrogens (primary N) is 1. The van der Waals surface area contributed by atoms with Crippen molar-refractivity contribution >= 4 is 64.9 Å². The van der Waals surface area contributed by atoms with Gasteiger partial charge in [0.05, 0.1) is 36.5 Å². The molecular weight excluding hydrogens is 651 g/mol. The van der Waals surface area contributed by atoms with Crippen LogP contribution < -0.4 is 11.3 Å². The zero-order valence-corrected chi connectivity index (χ0v) is 25.2. The minimum atomic E-state index is -4.07. The van der Waals surface area contributed by atoms with Crippen LogP contribution >= 0.6 is 13.4 Å². The van der Waals surface area contributed by atoms with E-state index in [2.05, 4.69) is 19.9 Å². The van der Waals surface area contributed by atoms with Crippen LogP contribution in [0.25, 0.3) is 22.1 Å². The Balaban J connectivity index is 1.18. The van der Waals surface area contributed by atoms with E-state index in [1.54, 1.807) is 16.7 Å². The molecule has 3 aliphatic heterocycles. The Labute approximate surface area is 251 Å². The Kier molecular flexibility index (Phi) is 7.52. The maximum Gasteiger partial charge on any atom is 0.325 e. The Hall–Kier alpha value is -2.25. The summed E-state index contributed by atoms with van der Waals surface area (Å²) in [6, 6.07) is 3.24. The average Bonchev–Trinajstić information content (AvgIpc) is 3.72. The van der Waals surface area contributed by atoms with E-state index in [9.17, 15) is 14.6 Å². The Morgan fingerprint density at radius 3 is 2.65 bits per heavy atom. The van der Waals surface area contributed by atoms with E-state index >= 15 is 4.39 Å². The van der Waals surface area contributed by atoms with Crippen molar-refractivity contribution in [2.45, 2.75) is 49.5 Å². The third kappa shape index (κ3) is 5.47. The fourth-order valence-electron chi connectivity index (χ4n) is 5.45. The number of ether oxygens (including phenoxy) is 2. The fraction of sp³-hybridized carbons (Fsp3) is 0.455. The molecule has 7 heterocycles.